The van der Waals surface area contributed by atoms with Gasteiger partial charge in [-0.3, -0.25) is 0 Å². The highest BCUT2D eigenvalue weighted by atomic mass is 35.5. The van der Waals surface area contributed by atoms with Crippen molar-refractivity contribution >= 4 is 17.3 Å². The Kier molecular flexibility index (Phi) is 2.72. The molecule has 5 nitrogen and oxygen atoms in total. The molecule has 6 heteroatoms. The lowest BCUT2D eigenvalue weighted by Gasteiger charge is -2.13. The molecule has 2 aromatic rings. The van der Waals surface area contributed by atoms with E-state index in [2.05, 4.69) is 10.1 Å². The first-order chi connectivity index (χ1) is 9.70. The summed E-state index contributed by atoms with van der Waals surface area (Å²) < 4.78 is 11.2. The number of ether oxygens (including phenoxy) is 1. The zero-order valence-corrected chi connectivity index (χ0v) is 11.5. The van der Waals surface area contributed by atoms with Crippen molar-refractivity contribution in [3.05, 3.63) is 29.0 Å². The van der Waals surface area contributed by atoms with E-state index in [4.69, 9.17) is 26.6 Å². The second kappa shape index (κ2) is 4.46. The van der Waals surface area contributed by atoms with Gasteiger partial charge in [0.05, 0.1) is 28.7 Å². The van der Waals surface area contributed by atoms with E-state index in [1.54, 1.807) is 18.2 Å². The Morgan fingerprint density at radius 2 is 2.20 bits per heavy atom. The molecule has 104 valence electrons. The number of hydrogen-bond acceptors (Lipinski definition) is 5. The number of fused-ring (bicyclic) bond motifs is 2. The van der Waals surface area contributed by atoms with Crippen LogP contribution in [-0.4, -0.2) is 22.3 Å². The molecule has 2 aliphatic rings. The van der Waals surface area contributed by atoms with Gasteiger partial charge >= 0.3 is 0 Å². The minimum absolute atomic E-state index is 0.238. The molecular formula is C14H14ClN3O2. The van der Waals surface area contributed by atoms with E-state index in [0.717, 1.165) is 19.3 Å². The number of halogens is 1. The molecule has 2 fully saturated rings. The van der Waals surface area contributed by atoms with E-state index in [1.165, 1.54) is 0 Å². The van der Waals surface area contributed by atoms with E-state index in [-0.39, 0.29) is 12.0 Å². The summed E-state index contributed by atoms with van der Waals surface area (Å²) in [6, 6.07) is 5.22. The van der Waals surface area contributed by atoms with Crippen molar-refractivity contribution in [2.75, 3.05) is 5.73 Å². The van der Waals surface area contributed by atoms with Crippen LogP contribution >= 0.6 is 11.6 Å². The Labute approximate surface area is 121 Å². The molecule has 3 heterocycles. The van der Waals surface area contributed by atoms with Crippen molar-refractivity contribution in [3.63, 3.8) is 0 Å². The molecule has 0 amide bonds. The van der Waals surface area contributed by atoms with Crippen LogP contribution in [0.1, 0.15) is 31.0 Å². The summed E-state index contributed by atoms with van der Waals surface area (Å²) in [5.41, 5.74) is 7.07. The summed E-state index contributed by atoms with van der Waals surface area (Å²) in [5.74, 6) is 1.37. The van der Waals surface area contributed by atoms with Crippen molar-refractivity contribution in [1.82, 2.24) is 10.1 Å². The summed E-state index contributed by atoms with van der Waals surface area (Å²) in [4.78, 5) is 4.49. The highest BCUT2D eigenvalue weighted by Crippen LogP contribution is 2.44. The highest BCUT2D eigenvalue weighted by Gasteiger charge is 2.43. The molecule has 0 spiro atoms. The minimum atomic E-state index is 0.238. The normalized spacial score (nSPS) is 28.1. The second-order valence-corrected chi connectivity index (χ2v) is 5.82. The van der Waals surface area contributed by atoms with Crippen LogP contribution in [0.4, 0.5) is 5.69 Å². The molecule has 0 aliphatic carbocycles. The molecule has 2 bridgehead atoms. The fraction of sp³-hybridized carbons (Fsp3) is 0.429. The SMILES string of the molecule is Nc1ccc(Cl)c(-c2nc(C3CC4CCC3O4)no2)c1. The van der Waals surface area contributed by atoms with Crippen molar-refractivity contribution in [1.29, 1.82) is 0 Å². The fourth-order valence-corrected chi connectivity index (χ4v) is 3.31. The van der Waals surface area contributed by atoms with Crippen molar-refractivity contribution < 1.29 is 9.26 Å². The third-order valence-corrected chi connectivity index (χ3v) is 4.43. The van der Waals surface area contributed by atoms with Gasteiger partial charge in [-0.25, -0.2) is 0 Å². The van der Waals surface area contributed by atoms with Gasteiger partial charge in [-0.1, -0.05) is 16.8 Å². The molecule has 2 aliphatic heterocycles. The smallest absolute Gasteiger partial charge is 0.259 e. The fourth-order valence-electron chi connectivity index (χ4n) is 3.11. The largest absolute Gasteiger partial charge is 0.399 e. The Morgan fingerprint density at radius 3 is 2.95 bits per heavy atom. The van der Waals surface area contributed by atoms with E-state index >= 15 is 0 Å². The summed E-state index contributed by atoms with van der Waals surface area (Å²) >= 11 is 6.15. The van der Waals surface area contributed by atoms with Crippen LogP contribution in [0.25, 0.3) is 11.5 Å². The first-order valence-electron chi connectivity index (χ1n) is 6.75. The molecular weight excluding hydrogens is 278 g/mol. The molecule has 3 unspecified atom stereocenters. The third kappa shape index (κ3) is 1.89. The van der Waals surface area contributed by atoms with Gasteiger partial charge in [-0.2, -0.15) is 4.98 Å². The molecule has 1 aromatic heterocycles. The van der Waals surface area contributed by atoms with Crippen LogP contribution in [0.2, 0.25) is 5.02 Å². The van der Waals surface area contributed by atoms with Crippen molar-refractivity contribution in [2.45, 2.75) is 37.4 Å². The number of nitrogen functional groups attached to an aromatic ring is 1. The monoisotopic (exact) mass is 291 g/mol. The van der Waals surface area contributed by atoms with E-state index in [0.29, 0.717) is 34.1 Å². The number of rotatable bonds is 2. The van der Waals surface area contributed by atoms with E-state index < -0.39 is 0 Å². The standard InChI is InChI=1S/C14H14ClN3O2/c15-11-3-1-7(16)5-9(11)14-17-13(18-20-14)10-6-8-2-4-12(10)19-8/h1,3,5,8,10,12H,2,4,6,16H2. The quantitative estimate of drug-likeness (QED) is 0.861. The molecule has 2 saturated heterocycles. The molecule has 0 saturated carbocycles. The van der Waals surface area contributed by atoms with Gasteiger partial charge in [0.15, 0.2) is 5.82 Å². The maximum Gasteiger partial charge on any atom is 0.259 e. The molecule has 0 radical (unpaired) electrons. The van der Waals surface area contributed by atoms with E-state index in [9.17, 15) is 0 Å². The lowest BCUT2D eigenvalue weighted by Crippen LogP contribution is -2.15. The third-order valence-electron chi connectivity index (χ3n) is 4.10. The van der Waals surface area contributed by atoms with Crippen LogP contribution in [0.5, 0.6) is 0 Å². The first kappa shape index (κ1) is 12.2. The van der Waals surface area contributed by atoms with Crippen LogP contribution in [-0.2, 0) is 4.74 Å². The zero-order valence-electron chi connectivity index (χ0n) is 10.8. The Morgan fingerprint density at radius 1 is 1.30 bits per heavy atom. The van der Waals surface area contributed by atoms with Crippen LogP contribution in [0.3, 0.4) is 0 Å². The van der Waals surface area contributed by atoms with Gasteiger partial charge in [0.1, 0.15) is 0 Å². The van der Waals surface area contributed by atoms with Crippen LogP contribution in [0, 0.1) is 0 Å². The van der Waals surface area contributed by atoms with Crippen LogP contribution < -0.4 is 5.73 Å². The predicted octanol–water partition coefficient (Wildman–Crippen LogP) is 3.01. The summed E-state index contributed by atoms with van der Waals surface area (Å²) in [6.45, 7) is 0. The van der Waals surface area contributed by atoms with Crippen molar-refractivity contribution in [3.8, 4) is 11.5 Å². The van der Waals surface area contributed by atoms with Gasteiger partial charge in [0.2, 0.25) is 0 Å². The molecule has 2 N–H and O–H groups in total. The van der Waals surface area contributed by atoms with Gasteiger partial charge < -0.3 is 15.0 Å². The van der Waals surface area contributed by atoms with E-state index in [1.807, 2.05) is 0 Å². The molecule has 1 aromatic carbocycles. The maximum atomic E-state index is 6.15. The number of benzene rings is 1. The van der Waals surface area contributed by atoms with Gasteiger partial charge in [-0.15, -0.1) is 0 Å². The van der Waals surface area contributed by atoms with Crippen LogP contribution in [0.15, 0.2) is 22.7 Å². The first-order valence-corrected chi connectivity index (χ1v) is 7.13. The number of nitrogens with zero attached hydrogens (tertiary/aromatic N) is 2. The number of aromatic nitrogens is 2. The number of hydrogen-bond donors (Lipinski definition) is 1. The molecule has 20 heavy (non-hydrogen) atoms. The average Bonchev–Trinajstić information content (AvgIpc) is 3.15. The lowest BCUT2D eigenvalue weighted by molar-refractivity contribution is 0.0996. The zero-order chi connectivity index (χ0) is 13.7. The number of nitrogens with two attached hydrogens (primary N) is 1. The Bertz CT molecular complexity index is 658. The van der Waals surface area contributed by atoms with Gasteiger partial charge in [-0.05, 0) is 37.5 Å². The Hall–Kier alpha value is -1.59. The predicted molar refractivity (Wildman–Crippen MR) is 74.4 cm³/mol. The second-order valence-electron chi connectivity index (χ2n) is 5.41. The minimum Gasteiger partial charge on any atom is -0.399 e. The lowest BCUT2D eigenvalue weighted by atomic mass is 9.89. The molecule has 4 rings (SSSR count). The topological polar surface area (TPSA) is 74.2 Å². The summed E-state index contributed by atoms with van der Waals surface area (Å²) in [5, 5.41) is 4.65. The average molecular weight is 292 g/mol. The number of anilines is 1. The van der Waals surface area contributed by atoms with Gasteiger partial charge in [0, 0.05) is 5.69 Å². The van der Waals surface area contributed by atoms with Crippen molar-refractivity contribution in [2.24, 2.45) is 0 Å². The Balaban J connectivity index is 1.66. The van der Waals surface area contributed by atoms with Gasteiger partial charge in [0.25, 0.3) is 5.89 Å². The summed E-state index contributed by atoms with van der Waals surface area (Å²) in [6.07, 6.45) is 3.81. The summed E-state index contributed by atoms with van der Waals surface area (Å²) in [7, 11) is 0. The molecule has 3 atom stereocenters. The maximum absolute atomic E-state index is 6.15. The highest BCUT2D eigenvalue weighted by molar-refractivity contribution is 6.33.